The van der Waals surface area contributed by atoms with E-state index in [9.17, 15) is 5.26 Å². The maximum absolute atomic E-state index is 10.0. The van der Waals surface area contributed by atoms with Gasteiger partial charge in [0.2, 0.25) is 5.71 Å². The fourth-order valence-corrected chi connectivity index (χ4v) is 6.28. The lowest BCUT2D eigenvalue weighted by atomic mass is 9.81. The molecule has 0 radical (unpaired) electrons. The molecule has 0 amide bonds. The van der Waals surface area contributed by atoms with Crippen LogP contribution in [0.5, 0.6) is 0 Å². The van der Waals surface area contributed by atoms with E-state index < -0.39 is 0 Å². The van der Waals surface area contributed by atoms with Crippen molar-refractivity contribution in [3.05, 3.63) is 64.2 Å². The lowest BCUT2D eigenvalue weighted by molar-refractivity contribution is -0.425. The molecule has 0 saturated heterocycles. The molecule has 0 bridgehead atoms. The average Bonchev–Trinajstić information content (AvgIpc) is 3.24. The highest BCUT2D eigenvalue weighted by molar-refractivity contribution is 8.03. The van der Waals surface area contributed by atoms with Crippen molar-refractivity contribution in [2.24, 2.45) is 5.92 Å². The molecular formula is C23H18N3S+. The van der Waals surface area contributed by atoms with Crippen molar-refractivity contribution in [2.45, 2.75) is 19.1 Å². The number of thioether (sulfide) groups is 1. The van der Waals surface area contributed by atoms with E-state index in [1.54, 1.807) is 0 Å². The third-order valence-electron chi connectivity index (χ3n) is 6.47. The maximum Gasteiger partial charge on any atom is 0.201 e. The van der Waals surface area contributed by atoms with Crippen LogP contribution in [0.1, 0.15) is 22.3 Å². The Morgan fingerprint density at radius 2 is 2.00 bits per heavy atom. The fraction of sp³-hybridized carbons (Fsp3) is 0.217. The quantitative estimate of drug-likeness (QED) is 0.535. The van der Waals surface area contributed by atoms with Crippen LogP contribution in [-0.4, -0.2) is 27.2 Å². The number of nitriles is 1. The Hall–Kier alpha value is -2.77. The Labute approximate surface area is 161 Å². The molecule has 3 aromatic rings. The molecule has 130 valence electrons. The summed E-state index contributed by atoms with van der Waals surface area (Å²) < 4.78 is 4.72. The summed E-state index contributed by atoms with van der Waals surface area (Å²) in [6.07, 6.45) is 4.53. The largest absolute Gasteiger partial charge is 0.311 e. The van der Waals surface area contributed by atoms with E-state index in [1.807, 2.05) is 11.8 Å². The number of hydrogen-bond acceptors (Lipinski definition) is 2. The first-order chi connectivity index (χ1) is 13.1. The normalized spacial score (nSPS) is 22.4. The van der Waals surface area contributed by atoms with Gasteiger partial charge in [0.05, 0.1) is 27.4 Å². The second kappa shape index (κ2) is 4.94. The van der Waals surface area contributed by atoms with Crippen molar-refractivity contribution in [3.8, 4) is 6.07 Å². The Balaban J connectivity index is 1.98. The van der Waals surface area contributed by atoms with Crippen LogP contribution in [0.25, 0.3) is 27.5 Å². The Kier molecular flexibility index (Phi) is 2.80. The summed E-state index contributed by atoms with van der Waals surface area (Å²) in [6.45, 7) is 4.28. The van der Waals surface area contributed by atoms with Gasteiger partial charge in [-0.25, -0.2) is 4.58 Å². The number of rotatable bonds is 0. The van der Waals surface area contributed by atoms with E-state index in [0.717, 1.165) is 16.5 Å². The van der Waals surface area contributed by atoms with Crippen LogP contribution in [0.15, 0.2) is 41.9 Å². The zero-order chi connectivity index (χ0) is 18.4. The van der Waals surface area contributed by atoms with Gasteiger partial charge in [-0.3, -0.25) is 0 Å². The van der Waals surface area contributed by atoms with Crippen LogP contribution in [-0.2, 0) is 0 Å². The average molecular weight is 368 g/mol. The van der Waals surface area contributed by atoms with Crippen molar-refractivity contribution in [2.75, 3.05) is 7.05 Å². The zero-order valence-electron chi connectivity index (χ0n) is 15.4. The SMILES string of the molecule is Cc1c(C)c2c3c(c1C#N)c1ccccc1n3C1=CSC3C=C[N+](C)=C2C13. The van der Waals surface area contributed by atoms with Gasteiger partial charge in [0.15, 0.2) is 6.20 Å². The molecule has 2 atom stereocenters. The highest BCUT2D eigenvalue weighted by atomic mass is 32.2. The van der Waals surface area contributed by atoms with Crippen molar-refractivity contribution < 1.29 is 4.58 Å². The number of allylic oxidation sites excluding steroid dienone is 1. The van der Waals surface area contributed by atoms with E-state index in [2.05, 4.69) is 78.1 Å². The van der Waals surface area contributed by atoms with E-state index >= 15 is 0 Å². The third-order valence-corrected chi connectivity index (χ3v) is 7.59. The summed E-state index contributed by atoms with van der Waals surface area (Å²) >= 11 is 1.91. The smallest absolute Gasteiger partial charge is 0.201 e. The Morgan fingerprint density at radius 1 is 1.19 bits per heavy atom. The number of nitrogens with zero attached hydrogens (tertiary/aromatic N) is 3. The summed E-state index contributed by atoms with van der Waals surface area (Å²) in [4.78, 5) is 0. The lowest BCUT2D eigenvalue weighted by Gasteiger charge is -2.30. The van der Waals surface area contributed by atoms with Crippen LogP contribution in [0.2, 0.25) is 0 Å². The van der Waals surface area contributed by atoms with Crippen LogP contribution in [0.3, 0.4) is 0 Å². The molecule has 2 unspecified atom stereocenters. The molecule has 27 heavy (non-hydrogen) atoms. The van der Waals surface area contributed by atoms with Gasteiger partial charge in [-0.1, -0.05) is 18.2 Å². The predicted octanol–water partition coefficient (Wildman–Crippen LogP) is 4.79. The van der Waals surface area contributed by atoms with Gasteiger partial charge in [0.1, 0.15) is 19.0 Å². The first-order valence-electron chi connectivity index (χ1n) is 9.24. The summed E-state index contributed by atoms with van der Waals surface area (Å²) in [7, 11) is 2.15. The van der Waals surface area contributed by atoms with E-state index in [4.69, 9.17) is 0 Å². The predicted molar refractivity (Wildman–Crippen MR) is 112 cm³/mol. The van der Waals surface area contributed by atoms with Crippen molar-refractivity contribution in [1.29, 1.82) is 5.26 Å². The summed E-state index contributed by atoms with van der Waals surface area (Å²) in [5.41, 5.74) is 9.61. The van der Waals surface area contributed by atoms with E-state index in [0.29, 0.717) is 11.2 Å². The number of benzene rings is 2. The van der Waals surface area contributed by atoms with Gasteiger partial charge in [-0.05, 0) is 42.5 Å². The van der Waals surface area contributed by atoms with Crippen LogP contribution >= 0.6 is 11.8 Å². The molecular weight excluding hydrogens is 350 g/mol. The molecule has 4 heterocycles. The number of aromatic nitrogens is 1. The maximum atomic E-state index is 10.0. The van der Waals surface area contributed by atoms with Gasteiger partial charge < -0.3 is 4.57 Å². The highest BCUT2D eigenvalue weighted by Crippen LogP contribution is 2.51. The van der Waals surface area contributed by atoms with E-state index in [-0.39, 0.29) is 0 Å². The van der Waals surface area contributed by atoms with Crippen LogP contribution < -0.4 is 0 Å². The minimum absolute atomic E-state index is 0.363. The van der Waals surface area contributed by atoms with Crippen molar-refractivity contribution >= 4 is 45.0 Å². The minimum atomic E-state index is 0.363. The summed E-state index contributed by atoms with van der Waals surface area (Å²) in [6, 6.07) is 11.0. The van der Waals surface area contributed by atoms with Crippen molar-refractivity contribution in [3.63, 3.8) is 0 Å². The first kappa shape index (κ1) is 15.3. The Bertz CT molecular complexity index is 1340. The summed E-state index contributed by atoms with van der Waals surface area (Å²) in [5, 5.41) is 15.1. The number of fused-ring (bicyclic) bond motifs is 5. The second-order valence-corrected chi connectivity index (χ2v) is 8.70. The monoisotopic (exact) mass is 368 g/mol. The highest BCUT2D eigenvalue weighted by Gasteiger charge is 2.47. The second-order valence-electron chi connectivity index (χ2n) is 7.65. The van der Waals surface area contributed by atoms with Gasteiger partial charge in [-0.2, -0.15) is 5.26 Å². The van der Waals surface area contributed by atoms with Gasteiger partial charge in [0, 0.05) is 16.5 Å². The summed E-state index contributed by atoms with van der Waals surface area (Å²) in [5.74, 6) is 0.363. The standard InChI is InChI=1S/C23H18N3S/c1-12-13(2)19-22-21-17(11-27-18(21)8-9-25(22)3)26-16-7-5-4-6-14(16)20(23(19)26)15(12)10-24/h4-9,11,18,21H,1-3H3/q+1. The minimum Gasteiger partial charge on any atom is -0.311 e. The lowest BCUT2D eigenvalue weighted by Crippen LogP contribution is -2.37. The van der Waals surface area contributed by atoms with Crippen LogP contribution in [0, 0.1) is 31.1 Å². The van der Waals surface area contributed by atoms with Gasteiger partial charge in [-0.15, -0.1) is 11.8 Å². The molecule has 1 aromatic heterocycles. The Morgan fingerprint density at radius 3 is 2.81 bits per heavy atom. The molecule has 0 spiro atoms. The number of hydrogen-bond donors (Lipinski definition) is 0. The molecule has 2 aromatic carbocycles. The zero-order valence-corrected chi connectivity index (χ0v) is 16.3. The molecule has 3 nitrogen and oxygen atoms in total. The van der Waals surface area contributed by atoms with Crippen molar-refractivity contribution in [1.82, 2.24) is 4.57 Å². The first-order valence-corrected chi connectivity index (χ1v) is 10.2. The molecule has 0 aliphatic carbocycles. The number of para-hydroxylation sites is 1. The third kappa shape index (κ3) is 1.63. The molecule has 4 heteroatoms. The fourth-order valence-electron chi connectivity index (χ4n) is 5.15. The molecule has 3 aliphatic heterocycles. The van der Waals surface area contributed by atoms with Gasteiger partial charge >= 0.3 is 0 Å². The molecule has 0 N–H and O–H groups in total. The molecule has 6 rings (SSSR count). The van der Waals surface area contributed by atoms with Crippen LogP contribution in [0.4, 0.5) is 0 Å². The molecule has 0 saturated carbocycles. The van der Waals surface area contributed by atoms with Gasteiger partial charge in [0.25, 0.3) is 0 Å². The topological polar surface area (TPSA) is 31.7 Å². The molecule has 3 aliphatic rings. The molecule has 0 fully saturated rings. The van der Waals surface area contributed by atoms with E-state index in [1.165, 1.54) is 39.0 Å².